The number of aromatic nitrogens is 8. The summed E-state index contributed by atoms with van der Waals surface area (Å²) < 4.78 is 135. The molecule has 4 aromatic heterocycles. The van der Waals surface area contributed by atoms with Crippen molar-refractivity contribution in [1.82, 2.24) is 40.3 Å². The molecule has 4 N–H and O–H groups in total. The Bertz CT molecular complexity index is 3410. The first kappa shape index (κ1) is 43.5. The third-order valence-electron chi connectivity index (χ3n) is 9.21. The van der Waals surface area contributed by atoms with Crippen molar-refractivity contribution in [2.45, 2.75) is 19.6 Å². The van der Waals surface area contributed by atoms with Crippen molar-refractivity contribution in [2.24, 2.45) is 0 Å². The van der Waals surface area contributed by atoms with Crippen LogP contribution >= 0.6 is 0 Å². The van der Waals surface area contributed by atoms with Gasteiger partial charge in [0.15, 0.2) is 0 Å². The first-order valence-corrected chi connectivity index (χ1v) is 23.7. The van der Waals surface area contributed by atoms with Crippen LogP contribution in [0.3, 0.4) is 0 Å². The zero-order chi connectivity index (χ0) is 45.6. The van der Waals surface area contributed by atoms with Crippen molar-refractivity contribution in [3.8, 4) is 79.5 Å². The number of nitrogens with zero attached hydrogens (tertiary/aromatic N) is 8. The molecule has 0 spiro atoms. The topological polar surface area (TPSA) is 321 Å². The van der Waals surface area contributed by atoms with Crippen LogP contribution < -0.4 is 0 Å². The summed E-state index contributed by atoms with van der Waals surface area (Å²) in [4.78, 5) is 16.8. The summed E-state index contributed by atoms with van der Waals surface area (Å²) in [7, 11) is -18.6. The van der Waals surface area contributed by atoms with E-state index in [1.54, 1.807) is 36.4 Å². The lowest BCUT2D eigenvalue weighted by molar-refractivity contribution is 0.481. The largest absolute Gasteiger partial charge is 0.294 e. The fourth-order valence-electron chi connectivity index (χ4n) is 6.28. The number of benzene rings is 4. The van der Waals surface area contributed by atoms with Crippen LogP contribution in [0.5, 0.6) is 0 Å². The van der Waals surface area contributed by atoms with Gasteiger partial charge in [-0.15, -0.1) is 20.4 Å². The minimum absolute atomic E-state index is 0.00560. The molecule has 0 saturated heterocycles. The maximum Gasteiger partial charge on any atom is 0.294 e. The molecule has 0 amide bonds. The van der Waals surface area contributed by atoms with Crippen molar-refractivity contribution in [2.75, 3.05) is 0 Å². The molecule has 24 heteroatoms. The number of hydrogen-bond donors (Lipinski definition) is 4. The average Bonchev–Trinajstić information content (AvgIpc) is 3.28. The molecule has 0 radical (unpaired) electrons. The fourth-order valence-corrected chi connectivity index (χ4v) is 8.39. The van der Waals surface area contributed by atoms with Gasteiger partial charge in [-0.2, -0.15) is 33.7 Å². The van der Waals surface area contributed by atoms with Gasteiger partial charge < -0.3 is 0 Å². The van der Waals surface area contributed by atoms with E-state index in [1.807, 2.05) is 0 Å². The summed E-state index contributed by atoms with van der Waals surface area (Å²) in [5.74, 6) is -0.143. The molecule has 8 aromatic rings. The summed E-state index contributed by atoms with van der Waals surface area (Å²) in [6.45, 7) is 0. The molecule has 0 aliphatic rings. The summed E-state index contributed by atoms with van der Waals surface area (Å²) >= 11 is 0. The monoisotopic (exact) mass is 938 g/mol. The Hall–Kier alpha value is -7.16. The Labute approximate surface area is 363 Å². The molecule has 0 aliphatic heterocycles. The molecular formula is C40H26N8O12S4. The maximum absolute atomic E-state index is 12.1. The second-order valence-electron chi connectivity index (χ2n) is 13.5. The summed E-state index contributed by atoms with van der Waals surface area (Å²) in [5, 5.41) is 17.1. The third-order valence-corrected chi connectivity index (χ3v) is 12.6. The van der Waals surface area contributed by atoms with Crippen LogP contribution in [0.2, 0.25) is 0 Å². The van der Waals surface area contributed by atoms with E-state index in [9.17, 15) is 51.9 Å². The fraction of sp³-hybridized carbons (Fsp3) is 0. The second kappa shape index (κ2) is 16.5. The van der Waals surface area contributed by atoms with Gasteiger partial charge in [0.25, 0.3) is 40.5 Å². The Morgan fingerprint density at radius 3 is 0.859 bits per heavy atom. The van der Waals surface area contributed by atoms with Crippen LogP contribution in [-0.2, 0) is 40.5 Å². The normalized spacial score (nSPS) is 12.2. The summed E-state index contributed by atoms with van der Waals surface area (Å²) in [5.41, 5.74) is 1.39. The van der Waals surface area contributed by atoms with Crippen molar-refractivity contribution in [3.05, 3.63) is 133 Å². The van der Waals surface area contributed by atoms with E-state index in [4.69, 9.17) is 0 Å². The highest BCUT2D eigenvalue weighted by Gasteiger charge is 2.23. The molecule has 0 unspecified atom stereocenters. The first-order valence-electron chi connectivity index (χ1n) is 18.0. The lowest BCUT2D eigenvalue weighted by atomic mass is 10.0. The first-order chi connectivity index (χ1) is 30.2. The van der Waals surface area contributed by atoms with Gasteiger partial charge in [0.05, 0.1) is 31.0 Å². The summed E-state index contributed by atoms with van der Waals surface area (Å²) in [6, 6.07) is 30.0. The van der Waals surface area contributed by atoms with Crippen LogP contribution in [0.4, 0.5) is 0 Å². The standard InChI is InChI=1S/C40H26N8O12S4/c49-61(50,51)27-11-1-7-23(19-27)35-37(25-9-3-13-29(21-25)63(55,56)57)45-47-39(43-35)33-17-5-15-31(41-33)32-16-6-18-34(42-32)40-44-36(24-8-2-12-28(20-24)62(52,53)54)38(46-48-40)26-10-4-14-30(22-26)64(58,59)60/h1-22H,(H,49,50,51)(H,52,53,54)(H,55,56,57)(H,58,59,60). The van der Waals surface area contributed by atoms with Gasteiger partial charge in [0.2, 0.25) is 11.6 Å². The van der Waals surface area contributed by atoms with E-state index in [2.05, 4.69) is 40.3 Å². The van der Waals surface area contributed by atoms with E-state index >= 15 is 0 Å². The minimum atomic E-state index is -4.67. The third kappa shape index (κ3) is 9.29. The number of rotatable bonds is 11. The van der Waals surface area contributed by atoms with Crippen molar-refractivity contribution in [3.63, 3.8) is 0 Å². The van der Waals surface area contributed by atoms with E-state index in [0.717, 1.165) is 48.5 Å². The van der Waals surface area contributed by atoms with Gasteiger partial charge in [-0.05, 0) is 72.8 Å². The van der Waals surface area contributed by atoms with Crippen LogP contribution in [0, 0.1) is 0 Å². The predicted molar refractivity (Wildman–Crippen MR) is 226 cm³/mol. The molecule has 0 fully saturated rings. The van der Waals surface area contributed by atoms with Gasteiger partial charge in [-0.1, -0.05) is 60.7 Å². The second-order valence-corrected chi connectivity index (χ2v) is 19.2. The zero-order valence-electron chi connectivity index (χ0n) is 32.0. The molecule has 322 valence electrons. The van der Waals surface area contributed by atoms with Crippen molar-refractivity contribution < 1.29 is 51.9 Å². The molecule has 0 bridgehead atoms. The number of pyridine rings is 2. The van der Waals surface area contributed by atoms with Crippen LogP contribution in [0.15, 0.2) is 153 Å². The predicted octanol–water partition coefficient (Wildman–Crippen LogP) is 5.50. The summed E-state index contributed by atoms with van der Waals surface area (Å²) in [6.07, 6.45) is 0. The van der Waals surface area contributed by atoms with Gasteiger partial charge in [-0.3, -0.25) is 18.2 Å². The average molecular weight is 939 g/mol. The minimum Gasteiger partial charge on any atom is -0.282 e. The molecule has 0 atom stereocenters. The Morgan fingerprint density at radius 2 is 0.562 bits per heavy atom. The van der Waals surface area contributed by atoms with E-state index in [1.165, 1.54) is 48.5 Å². The van der Waals surface area contributed by atoms with Gasteiger partial charge in [-0.25, -0.2) is 19.9 Å². The SMILES string of the molecule is O=S(=O)(O)c1cccc(-c2nnc(-c3cccc(-c4cccc(-c5nnc(-c6cccc(S(=O)(=O)O)c6)c(-c6cccc(S(=O)(=O)O)c6)n5)n4)n3)nc2-c2cccc(S(=O)(=O)O)c2)c1. The molecule has 0 aliphatic carbocycles. The molecule has 0 saturated carbocycles. The van der Waals surface area contributed by atoms with E-state index in [0.29, 0.717) is 0 Å². The molecular weight excluding hydrogens is 913 g/mol. The smallest absolute Gasteiger partial charge is 0.282 e. The lowest BCUT2D eigenvalue weighted by Gasteiger charge is -2.12. The van der Waals surface area contributed by atoms with Crippen LogP contribution in [0.25, 0.3) is 79.5 Å². The Kier molecular flexibility index (Phi) is 11.2. The van der Waals surface area contributed by atoms with Gasteiger partial charge in [0, 0.05) is 22.3 Å². The molecule has 8 rings (SSSR count). The zero-order valence-corrected chi connectivity index (χ0v) is 35.2. The molecule has 20 nitrogen and oxygen atoms in total. The van der Waals surface area contributed by atoms with Crippen LogP contribution in [0.1, 0.15) is 0 Å². The highest BCUT2D eigenvalue weighted by molar-refractivity contribution is 7.86. The van der Waals surface area contributed by atoms with Crippen LogP contribution in [-0.4, -0.2) is 92.2 Å². The van der Waals surface area contributed by atoms with Gasteiger partial charge >= 0.3 is 0 Å². The lowest BCUT2D eigenvalue weighted by Crippen LogP contribution is -2.04. The maximum atomic E-state index is 12.1. The molecule has 4 heterocycles. The quantitative estimate of drug-likeness (QED) is 0.116. The van der Waals surface area contributed by atoms with Crippen molar-refractivity contribution in [1.29, 1.82) is 0 Å². The van der Waals surface area contributed by atoms with Crippen molar-refractivity contribution >= 4 is 40.5 Å². The highest BCUT2D eigenvalue weighted by atomic mass is 32.2. The van der Waals surface area contributed by atoms with E-state index in [-0.39, 0.29) is 79.5 Å². The highest BCUT2D eigenvalue weighted by Crippen LogP contribution is 2.35. The molecule has 64 heavy (non-hydrogen) atoms. The Balaban J connectivity index is 1.22. The van der Waals surface area contributed by atoms with Gasteiger partial charge in [0.1, 0.15) is 34.2 Å². The molecule has 4 aromatic carbocycles. The number of hydrogen-bond acceptors (Lipinski definition) is 16. The van der Waals surface area contributed by atoms with E-state index < -0.39 is 60.1 Å². The Morgan fingerprint density at radius 1 is 0.297 bits per heavy atom.